The number of carbonyl (C=O) groups is 1. The number of carbonyl (C=O) groups excluding carboxylic acids is 1. The third kappa shape index (κ3) is 5.62. The average Bonchev–Trinajstić information content (AvgIpc) is 2.86. The predicted molar refractivity (Wildman–Crippen MR) is 136 cm³/mol. The summed E-state index contributed by atoms with van der Waals surface area (Å²) in [6.07, 6.45) is 0. The molecule has 4 aromatic carbocycles. The number of aromatic hydroxyl groups is 1. The van der Waals surface area contributed by atoms with E-state index >= 15 is 0 Å². The van der Waals surface area contributed by atoms with Crippen molar-refractivity contribution in [1.82, 2.24) is 0 Å². The summed E-state index contributed by atoms with van der Waals surface area (Å²) in [4.78, 5) is 13.0. The lowest BCUT2D eigenvalue weighted by Crippen LogP contribution is -2.16. The lowest BCUT2D eigenvalue weighted by molar-refractivity contribution is 0.102. The fourth-order valence-electron chi connectivity index (χ4n) is 3.53. The highest BCUT2D eigenvalue weighted by atomic mass is 32.2. The van der Waals surface area contributed by atoms with Crippen molar-refractivity contribution in [2.75, 3.05) is 17.1 Å². The van der Waals surface area contributed by atoms with E-state index in [-0.39, 0.29) is 16.6 Å². The van der Waals surface area contributed by atoms with Gasteiger partial charge >= 0.3 is 0 Å². The van der Waals surface area contributed by atoms with Crippen LogP contribution in [0.2, 0.25) is 0 Å². The second kappa shape index (κ2) is 9.90. The largest absolute Gasteiger partial charge is 0.508 e. The molecule has 0 fully saturated rings. The van der Waals surface area contributed by atoms with Crippen molar-refractivity contribution in [3.8, 4) is 22.6 Å². The molecule has 0 aliphatic heterocycles. The maximum absolute atomic E-state index is 13.0. The fraction of sp³-hybridized carbons (Fsp3) is 0.0741. The molecule has 0 radical (unpaired) electrons. The highest BCUT2D eigenvalue weighted by molar-refractivity contribution is 7.92. The monoisotopic (exact) mass is 488 g/mol. The van der Waals surface area contributed by atoms with Gasteiger partial charge in [-0.05, 0) is 84.3 Å². The molecule has 35 heavy (non-hydrogen) atoms. The van der Waals surface area contributed by atoms with Crippen molar-refractivity contribution < 1.29 is 23.1 Å². The molecule has 0 aliphatic carbocycles. The minimum Gasteiger partial charge on any atom is -0.508 e. The number of benzene rings is 4. The number of phenolic OH excluding ortho intramolecular Hbond substituents is 1. The van der Waals surface area contributed by atoms with Crippen LogP contribution < -0.4 is 14.8 Å². The quantitative estimate of drug-likeness (QED) is 0.322. The number of phenols is 1. The number of hydrogen-bond acceptors (Lipinski definition) is 5. The summed E-state index contributed by atoms with van der Waals surface area (Å²) in [6, 6.07) is 25.0. The normalized spacial score (nSPS) is 11.0. The summed E-state index contributed by atoms with van der Waals surface area (Å²) in [7, 11) is -2.36. The van der Waals surface area contributed by atoms with Crippen LogP contribution in [0.5, 0.6) is 11.5 Å². The number of hydrogen-bond donors (Lipinski definition) is 3. The molecule has 3 N–H and O–H groups in total. The van der Waals surface area contributed by atoms with Gasteiger partial charge in [0.05, 0.1) is 12.0 Å². The van der Waals surface area contributed by atoms with Gasteiger partial charge in [-0.25, -0.2) is 8.42 Å². The molecule has 1 amide bonds. The highest BCUT2D eigenvalue weighted by Gasteiger charge is 2.19. The van der Waals surface area contributed by atoms with E-state index in [0.717, 1.165) is 11.1 Å². The number of nitrogens with one attached hydrogen (secondary N) is 2. The molecule has 0 bridgehead atoms. The molecule has 0 aliphatic rings. The molecule has 7 nitrogen and oxygen atoms in total. The number of aryl methyl sites for hydroxylation is 1. The van der Waals surface area contributed by atoms with Gasteiger partial charge in [0.15, 0.2) is 0 Å². The smallest absolute Gasteiger partial charge is 0.262 e. The van der Waals surface area contributed by atoms with Crippen LogP contribution in [-0.2, 0) is 10.0 Å². The second-order valence-electron chi connectivity index (χ2n) is 7.90. The minimum absolute atomic E-state index is 0.0592. The molecule has 178 valence electrons. The molecule has 0 spiro atoms. The lowest BCUT2D eigenvalue weighted by Gasteiger charge is -2.13. The summed E-state index contributed by atoms with van der Waals surface area (Å²) in [6.45, 7) is 1.69. The van der Waals surface area contributed by atoms with Crippen molar-refractivity contribution in [3.63, 3.8) is 0 Å². The average molecular weight is 489 g/mol. The van der Waals surface area contributed by atoms with Gasteiger partial charge in [0.2, 0.25) is 0 Å². The van der Waals surface area contributed by atoms with E-state index in [2.05, 4.69) is 10.0 Å². The van der Waals surface area contributed by atoms with Gasteiger partial charge in [-0.15, -0.1) is 0 Å². The summed E-state index contributed by atoms with van der Waals surface area (Å²) in [5, 5.41) is 12.3. The molecule has 8 heteroatoms. The van der Waals surface area contributed by atoms with Crippen molar-refractivity contribution in [2.24, 2.45) is 0 Å². The van der Waals surface area contributed by atoms with E-state index in [1.54, 1.807) is 85.8 Å². The van der Waals surface area contributed by atoms with Crippen molar-refractivity contribution >= 4 is 27.3 Å². The standard InChI is InChI=1S/C27H24N2O5S/c1-18-6-9-23(17-26(18)35(32,33)29-22-10-14-25(34-2)15-11-22)28-27(31)21-5-3-4-20(16-21)19-7-12-24(30)13-8-19/h3-17,29-30H,1-2H3,(H,28,31). The molecule has 0 saturated heterocycles. The molecule has 0 saturated carbocycles. The first-order chi connectivity index (χ1) is 16.7. The van der Waals surface area contributed by atoms with Crippen LogP contribution in [-0.4, -0.2) is 26.5 Å². The number of methoxy groups -OCH3 is 1. The Morgan fingerprint density at radius 1 is 0.829 bits per heavy atom. The van der Waals surface area contributed by atoms with Crippen molar-refractivity contribution in [2.45, 2.75) is 11.8 Å². The van der Waals surface area contributed by atoms with Gasteiger partial charge < -0.3 is 15.2 Å². The predicted octanol–water partition coefficient (Wildman–Crippen LogP) is 5.43. The van der Waals surface area contributed by atoms with E-state index in [1.165, 1.54) is 13.2 Å². The molecule has 0 unspecified atom stereocenters. The van der Waals surface area contributed by atoms with Gasteiger partial charge in [0.25, 0.3) is 15.9 Å². The summed E-state index contributed by atoms with van der Waals surface area (Å²) in [5.74, 6) is 0.401. The van der Waals surface area contributed by atoms with Crippen LogP contribution in [0.3, 0.4) is 0 Å². The maximum Gasteiger partial charge on any atom is 0.262 e. The zero-order valence-electron chi connectivity index (χ0n) is 19.1. The molecular formula is C27H24N2O5S. The zero-order valence-corrected chi connectivity index (χ0v) is 20.0. The summed E-state index contributed by atoms with van der Waals surface area (Å²) in [5.41, 5.74) is 3.37. The van der Waals surface area contributed by atoms with Crippen LogP contribution in [0, 0.1) is 6.92 Å². The van der Waals surface area contributed by atoms with E-state index in [0.29, 0.717) is 28.3 Å². The third-order valence-electron chi connectivity index (χ3n) is 5.40. The molecule has 4 aromatic rings. The van der Waals surface area contributed by atoms with Gasteiger partial charge in [-0.3, -0.25) is 9.52 Å². The Balaban J connectivity index is 1.55. The van der Waals surface area contributed by atoms with Crippen LogP contribution in [0.4, 0.5) is 11.4 Å². The van der Waals surface area contributed by atoms with Gasteiger partial charge in [-0.2, -0.15) is 0 Å². The minimum atomic E-state index is -3.90. The Bertz CT molecular complexity index is 1460. The van der Waals surface area contributed by atoms with Crippen LogP contribution in [0.25, 0.3) is 11.1 Å². The topological polar surface area (TPSA) is 105 Å². The first-order valence-corrected chi connectivity index (χ1v) is 12.2. The number of amides is 1. The van der Waals surface area contributed by atoms with Crippen LogP contribution in [0.15, 0.2) is 95.9 Å². The van der Waals surface area contributed by atoms with Crippen molar-refractivity contribution in [3.05, 3.63) is 102 Å². The maximum atomic E-state index is 13.0. The van der Waals surface area contributed by atoms with E-state index < -0.39 is 10.0 Å². The Kier molecular flexibility index (Phi) is 6.75. The fourth-order valence-corrected chi connectivity index (χ4v) is 4.86. The number of sulfonamides is 1. The van der Waals surface area contributed by atoms with E-state index in [9.17, 15) is 18.3 Å². The molecule has 0 atom stereocenters. The summed E-state index contributed by atoms with van der Waals surface area (Å²) >= 11 is 0. The van der Waals surface area contributed by atoms with Gasteiger partial charge in [0.1, 0.15) is 11.5 Å². The Morgan fingerprint density at radius 3 is 2.20 bits per heavy atom. The van der Waals surface area contributed by atoms with Crippen LogP contribution in [0.1, 0.15) is 15.9 Å². The zero-order chi connectivity index (χ0) is 25.0. The number of rotatable bonds is 7. The molecule has 4 rings (SSSR count). The Labute approximate surface area is 204 Å². The summed E-state index contributed by atoms with van der Waals surface area (Å²) < 4.78 is 33.7. The first kappa shape index (κ1) is 23.8. The second-order valence-corrected chi connectivity index (χ2v) is 9.55. The van der Waals surface area contributed by atoms with Gasteiger partial charge in [0, 0.05) is 16.9 Å². The molecule has 0 heterocycles. The van der Waals surface area contributed by atoms with Crippen molar-refractivity contribution in [1.29, 1.82) is 0 Å². The highest BCUT2D eigenvalue weighted by Crippen LogP contribution is 2.26. The van der Waals surface area contributed by atoms with Gasteiger partial charge in [-0.1, -0.05) is 30.3 Å². The molecular weight excluding hydrogens is 464 g/mol. The number of ether oxygens (including phenoxy) is 1. The first-order valence-electron chi connectivity index (χ1n) is 10.7. The Hall–Kier alpha value is -4.30. The van der Waals surface area contributed by atoms with E-state index in [4.69, 9.17) is 4.74 Å². The molecule has 0 aromatic heterocycles. The van der Waals surface area contributed by atoms with E-state index in [1.807, 2.05) is 6.07 Å². The lowest BCUT2D eigenvalue weighted by atomic mass is 10.0. The van der Waals surface area contributed by atoms with Crippen LogP contribution >= 0.6 is 0 Å². The number of anilines is 2. The Morgan fingerprint density at radius 2 is 1.51 bits per heavy atom. The SMILES string of the molecule is COc1ccc(NS(=O)(=O)c2cc(NC(=O)c3cccc(-c4ccc(O)cc4)c3)ccc2C)cc1. The third-order valence-corrected chi connectivity index (χ3v) is 6.93.